The zero-order chi connectivity index (χ0) is 23.1. The number of amides is 1. The van der Waals surface area contributed by atoms with Gasteiger partial charge < -0.3 is 5.73 Å². The highest BCUT2D eigenvalue weighted by atomic mass is 35.5. The van der Waals surface area contributed by atoms with Crippen LogP contribution in [-0.2, 0) is 14.8 Å². The van der Waals surface area contributed by atoms with E-state index in [9.17, 15) is 13.2 Å². The first-order valence-electron chi connectivity index (χ1n) is 9.99. The van der Waals surface area contributed by atoms with E-state index >= 15 is 0 Å². The molecule has 3 rings (SSSR count). The van der Waals surface area contributed by atoms with Crippen molar-refractivity contribution in [3.8, 4) is 0 Å². The molecule has 0 aliphatic carbocycles. The Labute approximate surface area is 193 Å². The SMILES string of the molecule is CN(CCN(C/C=C/c1ccc(Cl)cc1)CC(N)=O)S(=O)(=O)c1cccc2cnccc12. The van der Waals surface area contributed by atoms with Crippen molar-refractivity contribution in [2.45, 2.75) is 4.90 Å². The molecule has 2 aromatic carbocycles. The summed E-state index contributed by atoms with van der Waals surface area (Å²) in [6, 6.07) is 14.2. The van der Waals surface area contributed by atoms with E-state index in [4.69, 9.17) is 17.3 Å². The minimum Gasteiger partial charge on any atom is -0.369 e. The molecule has 1 aromatic heterocycles. The first kappa shape index (κ1) is 23.9. The average molecular weight is 473 g/mol. The van der Waals surface area contributed by atoms with Gasteiger partial charge >= 0.3 is 0 Å². The van der Waals surface area contributed by atoms with Gasteiger partial charge in [-0.15, -0.1) is 0 Å². The number of rotatable bonds is 10. The molecule has 0 bridgehead atoms. The molecule has 3 aromatic rings. The topological polar surface area (TPSA) is 96.6 Å². The van der Waals surface area contributed by atoms with Gasteiger partial charge in [0.1, 0.15) is 0 Å². The number of aromatic nitrogens is 1. The number of primary amides is 1. The molecule has 0 aliphatic rings. The van der Waals surface area contributed by atoms with Gasteiger partial charge in [-0.05, 0) is 29.8 Å². The Kier molecular flexibility index (Phi) is 7.98. The Bertz CT molecular complexity index is 1210. The molecule has 2 N–H and O–H groups in total. The zero-order valence-corrected chi connectivity index (χ0v) is 19.3. The van der Waals surface area contributed by atoms with E-state index < -0.39 is 15.9 Å². The maximum Gasteiger partial charge on any atom is 0.243 e. The Morgan fingerprint density at radius 1 is 1.12 bits per heavy atom. The fraction of sp³-hybridized carbons (Fsp3) is 0.217. The molecule has 9 heteroatoms. The van der Waals surface area contributed by atoms with Crippen molar-refractivity contribution in [1.82, 2.24) is 14.2 Å². The van der Waals surface area contributed by atoms with Crippen molar-refractivity contribution in [1.29, 1.82) is 0 Å². The number of likely N-dealkylation sites (N-methyl/N-ethyl adjacent to an activating group) is 1. The molecule has 0 unspecified atom stereocenters. The highest BCUT2D eigenvalue weighted by Crippen LogP contribution is 2.24. The lowest BCUT2D eigenvalue weighted by atomic mass is 10.2. The molecule has 0 aliphatic heterocycles. The number of hydrogen-bond acceptors (Lipinski definition) is 5. The number of benzene rings is 2. The molecule has 1 amide bonds. The lowest BCUT2D eigenvalue weighted by Gasteiger charge is -2.23. The monoisotopic (exact) mass is 472 g/mol. The van der Waals surface area contributed by atoms with Crippen molar-refractivity contribution in [2.24, 2.45) is 5.73 Å². The van der Waals surface area contributed by atoms with Gasteiger partial charge in [0, 0.05) is 54.9 Å². The smallest absolute Gasteiger partial charge is 0.243 e. The summed E-state index contributed by atoms with van der Waals surface area (Å²) < 4.78 is 27.6. The van der Waals surface area contributed by atoms with Crippen LogP contribution in [0.15, 0.2) is 71.9 Å². The van der Waals surface area contributed by atoms with E-state index in [1.165, 1.54) is 11.4 Å². The van der Waals surface area contributed by atoms with Crippen LogP contribution in [0, 0.1) is 0 Å². The first-order chi connectivity index (χ1) is 15.3. The fourth-order valence-electron chi connectivity index (χ4n) is 3.26. The van der Waals surface area contributed by atoms with Gasteiger partial charge in [-0.2, -0.15) is 4.31 Å². The van der Waals surface area contributed by atoms with Crippen molar-refractivity contribution in [3.63, 3.8) is 0 Å². The van der Waals surface area contributed by atoms with Crippen molar-refractivity contribution < 1.29 is 13.2 Å². The minimum atomic E-state index is -3.73. The van der Waals surface area contributed by atoms with Crippen LogP contribution >= 0.6 is 11.6 Å². The highest BCUT2D eigenvalue weighted by molar-refractivity contribution is 7.89. The number of halogens is 1. The molecule has 32 heavy (non-hydrogen) atoms. The average Bonchev–Trinajstić information content (AvgIpc) is 2.77. The molecule has 0 fully saturated rings. The molecular weight excluding hydrogens is 448 g/mol. The second-order valence-electron chi connectivity index (χ2n) is 7.33. The molecule has 0 radical (unpaired) electrons. The first-order valence-corrected chi connectivity index (χ1v) is 11.8. The summed E-state index contributed by atoms with van der Waals surface area (Å²) in [5.74, 6) is -0.475. The van der Waals surface area contributed by atoms with Crippen LogP contribution in [0.5, 0.6) is 0 Å². The van der Waals surface area contributed by atoms with Crippen LogP contribution in [0.2, 0.25) is 5.02 Å². The summed E-state index contributed by atoms with van der Waals surface area (Å²) in [6.45, 7) is 1.01. The van der Waals surface area contributed by atoms with Gasteiger partial charge in [-0.25, -0.2) is 8.42 Å². The number of hydrogen-bond donors (Lipinski definition) is 1. The van der Waals surface area contributed by atoms with Gasteiger partial charge in [-0.1, -0.05) is 48.0 Å². The lowest BCUT2D eigenvalue weighted by Crippen LogP contribution is -2.40. The number of fused-ring (bicyclic) bond motifs is 1. The summed E-state index contributed by atoms with van der Waals surface area (Å²) in [5.41, 5.74) is 6.35. The third-order valence-corrected chi connectivity index (χ3v) is 7.15. The van der Waals surface area contributed by atoms with Crippen molar-refractivity contribution in [2.75, 3.05) is 33.2 Å². The van der Waals surface area contributed by atoms with Gasteiger partial charge in [0.25, 0.3) is 0 Å². The number of pyridine rings is 1. The number of carbonyl (C=O) groups is 1. The normalized spacial score (nSPS) is 12.2. The lowest BCUT2D eigenvalue weighted by molar-refractivity contribution is -0.119. The maximum absolute atomic E-state index is 13.2. The van der Waals surface area contributed by atoms with E-state index in [2.05, 4.69) is 4.98 Å². The Balaban J connectivity index is 1.69. The second kappa shape index (κ2) is 10.7. The van der Waals surface area contributed by atoms with Crippen LogP contribution in [0.3, 0.4) is 0 Å². The van der Waals surface area contributed by atoms with Gasteiger partial charge in [-0.3, -0.25) is 14.7 Å². The molecule has 0 saturated heterocycles. The van der Waals surface area contributed by atoms with Crippen molar-refractivity contribution in [3.05, 3.63) is 77.6 Å². The molecule has 0 atom stereocenters. The summed E-state index contributed by atoms with van der Waals surface area (Å²) in [4.78, 5) is 17.6. The predicted molar refractivity (Wildman–Crippen MR) is 128 cm³/mol. The second-order valence-corrected chi connectivity index (χ2v) is 9.78. The summed E-state index contributed by atoms with van der Waals surface area (Å²) in [5, 5.41) is 2.03. The summed E-state index contributed by atoms with van der Waals surface area (Å²) in [6.07, 6.45) is 7.02. The Morgan fingerprint density at radius 2 is 1.88 bits per heavy atom. The minimum absolute atomic E-state index is 0.0266. The largest absolute Gasteiger partial charge is 0.369 e. The molecular formula is C23H25ClN4O3S. The quantitative estimate of drug-likeness (QED) is 0.489. The summed E-state index contributed by atoms with van der Waals surface area (Å²) in [7, 11) is -2.20. The van der Waals surface area contributed by atoms with Crippen LogP contribution < -0.4 is 5.73 Å². The van der Waals surface area contributed by atoms with E-state index in [0.717, 1.165) is 10.9 Å². The molecule has 1 heterocycles. The van der Waals surface area contributed by atoms with Gasteiger partial charge in [0.15, 0.2) is 0 Å². The summed E-state index contributed by atoms with van der Waals surface area (Å²) >= 11 is 5.90. The molecule has 168 valence electrons. The molecule has 0 spiro atoms. The highest BCUT2D eigenvalue weighted by Gasteiger charge is 2.23. The van der Waals surface area contributed by atoms with E-state index in [1.54, 1.807) is 47.6 Å². The zero-order valence-electron chi connectivity index (χ0n) is 17.7. The van der Waals surface area contributed by atoms with E-state index in [-0.39, 0.29) is 18.0 Å². The van der Waals surface area contributed by atoms with Crippen LogP contribution in [0.1, 0.15) is 5.56 Å². The third-order valence-electron chi connectivity index (χ3n) is 4.98. The number of nitrogens with two attached hydrogens (primary N) is 1. The van der Waals surface area contributed by atoms with Gasteiger partial charge in [0.05, 0.1) is 11.4 Å². The number of carbonyl (C=O) groups excluding carboxylic acids is 1. The molecule has 7 nitrogen and oxygen atoms in total. The standard InChI is InChI=1S/C23H25ClN4O3S/c1-27(32(30,31)22-6-2-5-19-16-26-12-11-21(19)22)14-15-28(17-23(25)29)13-3-4-18-7-9-20(24)10-8-18/h2-12,16H,13-15,17H2,1H3,(H2,25,29)/b4-3+. The van der Waals surface area contributed by atoms with E-state index in [1.807, 2.05) is 30.4 Å². The van der Waals surface area contributed by atoms with Crippen LogP contribution in [-0.4, -0.2) is 61.7 Å². The van der Waals surface area contributed by atoms with E-state index in [0.29, 0.717) is 23.5 Å². The van der Waals surface area contributed by atoms with Crippen molar-refractivity contribution >= 4 is 44.4 Å². The van der Waals surface area contributed by atoms with Crippen LogP contribution in [0.4, 0.5) is 0 Å². The van der Waals surface area contributed by atoms with Gasteiger partial charge in [0.2, 0.25) is 15.9 Å². The number of nitrogens with zero attached hydrogens (tertiary/aromatic N) is 3. The molecule has 0 saturated carbocycles. The Hall–Kier alpha value is -2.78. The predicted octanol–water partition coefficient (Wildman–Crippen LogP) is 3.01. The Morgan fingerprint density at radius 3 is 2.59 bits per heavy atom. The third kappa shape index (κ3) is 6.14. The fourth-order valence-corrected chi connectivity index (χ4v) is 4.75. The van der Waals surface area contributed by atoms with Crippen LogP contribution in [0.25, 0.3) is 16.8 Å². The number of sulfonamides is 1. The maximum atomic E-state index is 13.2.